The molecule has 0 aliphatic heterocycles. The normalized spacial score (nSPS) is 12.7. The number of aromatic nitrogens is 2. The monoisotopic (exact) mass is 528 g/mol. The zero-order valence-corrected chi connectivity index (χ0v) is 22.0. The van der Waals surface area contributed by atoms with Gasteiger partial charge in [0, 0.05) is 41.3 Å². The summed E-state index contributed by atoms with van der Waals surface area (Å²) < 4.78 is 12.8. The molecule has 0 aliphatic carbocycles. The van der Waals surface area contributed by atoms with Crippen molar-refractivity contribution in [1.82, 2.24) is 9.66 Å². The lowest BCUT2D eigenvalue weighted by atomic mass is 9.95. The second kappa shape index (κ2) is 9.97. The fourth-order valence-electron chi connectivity index (χ4n) is 3.28. The Kier molecular flexibility index (Phi) is 7.45. The van der Waals surface area contributed by atoms with Crippen molar-refractivity contribution in [2.45, 2.75) is 39.2 Å². The summed E-state index contributed by atoms with van der Waals surface area (Å²) in [6, 6.07) is 10.9. The van der Waals surface area contributed by atoms with E-state index in [1.165, 1.54) is 11.8 Å². The van der Waals surface area contributed by atoms with Crippen LogP contribution in [-0.4, -0.2) is 49.2 Å². The molecule has 3 aromatic rings. The molecule has 0 spiro atoms. The maximum atomic E-state index is 13.4. The maximum Gasteiger partial charge on any atom is 0.346 e. The number of methoxy groups -OCH3 is 1. The van der Waals surface area contributed by atoms with Crippen LogP contribution in [0.1, 0.15) is 39.1 Å². The van der Waals surface area contributed by atoms with E-state index in [1.54, 1.807) is 19.2 Å². The van der Waals surface area contributed by atoms with Crippen molar-refractivity contribution >= 4 is 44.7 Å². The van der Waals surface area contributed by atoms with E-state index >= 15 is 0 Å². The number of esters is 1. The molecule has 180 valence electrons. The van der Waals surface area contributed by atoms with Crippen molar-refractivity contribution in [3.63, 3.8) is 0 Å². The van der Waals surface area contributed by atoms with Gasteiger partial charge in [0.1, 0.15) is 11.6 Å². The molecule has 0 unspecified atom stereocenters. The highest BCUT2D eigenvalue weighted by Gasteiger charge is 2.23. The largest absolute Gasteiger partial charge is 0.478 e. The van der Waals surface area contributed by atoms with Crippen LogP contribution in [0.2, 0.25) is 0 Å². The minimum absolute atomic E-state index is 0.275. The van der Waals surface area contributed by atoms with Gasteiger partial charge in [0.15, 0.2) is 6.10 Å². The average molecular weight is 529 g/mol. The molecule has 0 radical (unpaired) electrons. The first kappa shape index (κ1) is 25.4. The number of hydrogen-bond donors (Lipinski definition) is 0. The lowest BCUT2D eigenvalue weighted by Crippen LogP contribution is -2.29. The zero-order valence-electron chi connectivity index (χ0n) is 20.4. The molecule has 0 N–H and O–H groups in total. The van der Waals surface area contributed by atoms with Crippen LogP contribution >= 0.6 is 15.9 Å². The highest BCUT2D eigenvalue weighted by atomic mass is 79.9. The molecule has 3 rings (SSSR count). The van der Waals surface area contributed by atoms with Crippen molar-refractivity contribution in [3.05, 3.63) is 62.6 Å². The smallest absolute Gasteiger partial charge is 0.346 e. The SMILES string of the molecule is COC(=O)[C@H](C)Oc1cc(N(C)C)ccc1C=Nn1c(C(C)(C)C)nc2ccc(Br)cc2c1=O. The van der Waals surface area contributed by atoms with Gasteiger partial charge >= 0.3 is 5.97 Å². The Morgan fingerprint density at radius 2 is 1.91 bits per heavy atom. The number of carbonyl (C=O) groups is 1. The fraction of sp³-hybridized carbons (Fsp3) is 0.360. The first-order chi connectivity index (χ1) is 15.9. The van der Waals surface area contributed by atoms with Gasteiger partial charge < -0.3 is 14.4 Å². The molecule has 0 saturated carbocycles. The van der Waals surface area contributed by atoms with Crippen LogP contribution in [-0.2, 0) is 14.9 Å². The van der Waals surface area contributed by atoms with Gasteiger partial charge in [0.25, 0.3) is 5.56 Å². The van der Waals surface area contributed by atoms with Gasteiger partial charge in [-0.05, 0) is 37.3 Å². The van der Waals surface area contributed by atoms with E-state index in [0.29, 0.717) is 28.0 Å². The van der Waals surface area contributed by atoms with Crippen molar-refractivity contribution in [1.29, 1.82) is 0 Å². The van der Waals surface area contributed by atoms with Gasteiger partial charge in [-0.3, -0.25) is 4.79 Å². The second-order valence-corrected chi connectivity index (χ2v) is 10.0. The van der Waals surface area contributed by atoms with E-state index < -0.39 is 17.5 Å². The van der Waals surface area contributed by atoms with Gasteiger partial charge in [0.2, 0.25) is 0 Å². The Bertz CT molecular complexity index is 1310. The molecule has 0 aliphatic rings. The van der Waals surface area contributed by atoms with Crippen molar-refractivity contribution in [2.24, 2.45) is 5.10 Å². The molecule has 0 bridgehead atoms. The van der Waals surface area contributed by atoms with Crippen LogP contribution in [0.15, 0.2) is 50.8 Å². The van der Waals surface area contributed by atoms with Gasteiger partial charge in [-0.1, -0.05) is 36.7 Å². The molecular weight excluding hydrogens is 500 g/mol. The summed E-state index contributed by atoms with van der Waals surface area (Å²) in [5.74, 6) is 0.474. The van der Waals surface area contributed by atoms with Crippen LogP contribution in [0.5, 0.6) is 5.75 Å². The number of benzene rings is 2. The molecule has 9 heteroatoms. The highest BCUT2D eigenvalue weighted by Crippen LogP contribution is 2.26. The lowest BCUT2D eigenvalue weighted by molar-refractivity contribution is -0.147. The number of rotatable bonds is 6. The molecule has 8 nitrogen and oxygen atoms in total. The molecule has 1 atom stereocenters. The minimum Gasteiger partial charge on any atom is -0.478 e. The summed E-state index contributed by atoms with van der Waals surface area (Å²) in [5, 5.41) is 4.98. The first-order valence-electron chi connectivity index (χ1n) is 10.8. The summed E-state index contributed by atoms with van der Waals surface area (Å²) in [7, 11) is 5.13. The van der Waals surface area contributed by atoms with Gasteiger partial charge in [-0.15, -0.1) is 0 Å². The Balaban J connectivity index is 2.16. The van der Waals surface area contributed by atoms with E-state index in [2.05, 4.69) is 21.0 Å². The van der Waals surface area contributed by atoms with E-state index in [0.717, 1.165) is 10.2 Å². The third-order valence-electron chi connectivity index (χ3n) is 5.14. The number of ether oxygens (including phenoxy) is 2. The molecule has 0 amide bonds. The number of anilines is 1. The number of halogens is 1. The van der Waals surface area contributed by atoms with Crippen LogP contribution < -0.4 is 15.2 Å². The van der Waals surface area contributed by atoms with E-state index in [1.807, 2.05) is 70.1 Å². The van der Waals surface area contributed by atoms with Gasteiger partial charge in [-0.2, -0.15) is 9.78 Å². The average Bonchev–Trinajstić information content (AvgIpc) is 2.77. The Hall–Kier alpha value is -3.20. The van der Waals surface area contributed by atoms with Gasteiger partial charge in [0.05, 0.1) is 24.2 Å². The Morgan fingerprint density at radius 1 is 1.21 bits per heavy atom. The number of nitrogens with zero attached hydrogens (tertiary/aromatic N) is 4. The van der Waals surface area contributed by atoms with Crippen molar-refractivity contribution < 1.29 is 14.3 Å². The summed E-state index contributed by atoms with van der Waals surface area (Å²) in [6.07, 6.45) is 0.725. The number of fused-ring (bicyclic) bond motifs is 1. The van der Waals surface area contributed by atoms with Crippen LogP contribution in [0.4, 0.5) is 5.69 Å². The third kappa shape index (κ3) is 5.47. The zero-order chi connectivity index (χ0) is 25.2. The molecule has 0 saturated heterocycles. The van der Waals surface area contributed by atoms with Crippen molar-refractivity contribution in [3.8, 4) is 5.75 Å². The van der Waals surface area contributed by atoms with E-state index in [-0.39, 0.29) is 5.56 Å². The predicted molar refractivity (Wildman–Crippen MR) is 138 cm³/mol. The number of hydrogen-bond acceptors (Lipinski definition) is 7. The second-order valence-electron chi connectivity index (χ2n) is 9.11. The summed E-state index contributed by atoms with van der Waals surface area (Å²) in [5.41, 5.74) is 1.38. The fourth-order valence-corrected chi connectivity index (χ4v) is 3.64. The molecule has 34 heavy (non-hydrogen) atoms. The Morgan fingerprint density at radius 3 is 2.53 bits per heavy atom. The van der Waals surface area contributed by atoms with Crippen LogP contribution in [0.25, 0.3) is 10.9 Å². The van der Waals surface area contributed by atoms with Crippen molar-refractivity contribution in [2.75, 3.05) is 26.1 Å². The number of carbonyl (C=O) groups excluding carboxylic acids is 1. The molecule has 2 aromatic carbocycles. The summed E-state index contributed by atoms with van der Waals surface area (Å²) >= 11 is 3.42. The summed E-state index contributed by atoms with van der Waals surface area (Å²) in [6.45, 7) is 7.54. The van der Waals surface area contributed by atoms with Gasteiger partial charge in [-0.25, -0.2) is 9.78 Å². The minimum atomic E-state index is -0.817. The summed E-state index contributed by atoms with van der Waals surface area (Å²) in [4.78, 5) is 32.0. The molecular formula is C25H29BrN4O4. The first-order valence-corrected chi connectivity index (χ1v) is 11.5. The predicted octanol–water partition coefficient (Wildman–Crippen LogP) is 4.35. The molecule has 1 heterocycles. The third-order valence-corrected chi connectivity index (χ3v) is 5.64. The molecule has 1 aromatic heterocycles. The maximum absolute atomic E-state index is 13.4. The van der Waals surface area contributed by atoms with E-state index in [9.17, 15) is 9.59 Å². The lowest BCUT2D eigenvalue weighted by Gasteiger charge is -2.21. The Labute approximate surface area is 207 Å². The standard InChI is InChI=1S/C25H29BrN4O4/c1-15(23(32)33-7)34-21-13-18(29(5)6)10-8-16(21)14-27-30-22(31)19-12-17(26)9-11-20(19)28-24(30)25(2,3)4/h8-15H,1-7H3/t15-/m0/s1. The topological polar surface area (TPSA) is 86.0 Å². The van der Waals surface area contributed by atoms with E-state index in [4.69, 9.17) is 14.5 Å². The van der Waals surface area contributed by atoms with Crippen LogP contribution in [0.3, 0.4) is 0 Å². The quantitative estimate of drug-likeness (QED) is 0.349. The molecule has 0 fully saturated rings. The van der Waals surface area contributed by atoms with Crippen LogP contribution in [0, 0.1) is 0 Å². The highest BCUT2D eigenvalue weighted by molar-refractivity contribution is 9.10.